The summed E-state index contributed by atoms with van der Waals surface area (Å²) in [5.74, 6) is -2.95. The SMILES string of the molecule is CC1=C2[C@@H](CC/C(=C/c3ccc(O)c(F)c3)c3ccccc3)OB(O)C[C@@H]2[C@@H]2C(=O)N(c3ccc(Nc4ccccc4)cc3)C(=O)[C@@H]2C1. The summed E-state index contributed by atoms with van der Waals surface area (Å²) in [4.78, 5) is 29.2. The lowest BCUT2D eigenvalue weighted by Crippen LogP contribution is -2.46. The summed E-state index contributed by atoms with van der Waals surface area (Å²) in [5.41, 5.74) is 6.85. The molecule has 0 bridgehead atoms. The highest BCUT2D eigenvalue weighted by Gasteiger charge is 2.57. The lowest BCUT2D eigenvalue weighted by Gasteiger charge is -2.42. The molecule has 2 fully saturated rings. The van der Waals surface area contributed by atoms with Crippen molar-refractivity contribution in [2.24, 2.45) is 17.8 Å². The zero-order valence-electron chi connectivity index (χ0n) is 26.6. The number of nitrogens with zero attached hydrogens (tertiary/aromatic N) is 1. The Bertz CT molecular complexity index is 1900. The number of benzene rings is 4. The van der Waals surface area contributed by atoms with E-state index in [9.17, 15) is 24.1 Å². The topological polar surface area (TPSA) is 99.1 Å². The summed E-state index contributed by atoms with van der Waals surface area (Å²) in [5, 5.41) is 23.9. The van der Waals surface area contributed by atoms with Crippen LogP contribution in [0.5, 0.6) is 5.75 Å². The summed E-state index contributed by atoms with van der Waals surface area (Å²) < 4.78 is 20.3. The van der Waals surface area contributed by atoms with E-state index in [4.69, 9.17) is 4.65 Å². The van der Waals surface area contributed by atoms with E-state index in [2.05, 4.69) is 5.32 Å². The fourth-order valence-electron chi connectivity index (χ4n) is 7.61. The van der Waals surface area contributed by atoms with Gasteiger partial charge in [-0.3, -0.25) is 14.5 Å². The number of hydrogen-bond acceptors (Lipinski definition) is 6. The van der Waals surface area contributed by atoms with Crippen molar-refractivity contribution >= 4 is 47.6 Å². The van der Waals surface area contributed by atoms with Crippen LogP contribution in [0.15, 0.2) is 114 Å². The number of rotatable bonds is 8. The monoisotopic (exact) mass is 642 g/mol. The Morgan fingerprint density at radius 3 is 2.33 bits per heavy atom. The van der Waals surface area contributed by atoms with E-state index >= 15 is 0 Å². The van der Waals surface area contributed by atoms with Gasteiger partial charge in [0.25, 0.3) is 0 Å². The van der Waals surface area contributed by atoms with Crippen molar-refractivity contribution in [1.29, 1.82) is 0 Å². The number of halogens is 1. The van der Waals surface area contributed by atoms with E-state index < -0.39 is 36.6 Å². The lowest BCUT2D eigenvalue weighted by atomic mass is 9.58. The molecule has 2 saturated heterocycles. The van der Waals surface area contributed by atoms with Crippen LogP contribution in [0.1, 0.15) is 37.3 Å². The van der Waals surface area contributed by atoms with Gasteiger partial charge in [0.05, 0.1) is 23.6 Å². The fraction of sp³-hybridized carbons (Fsp3) is 0.231. The predicted octanol–water partition coefficient (Wildman–Crippen LogP) is 7.62. The number of carbonyl (C=O) groups is 2. The van der Waals surface area contributed by atoms with Gasteiger partial charge in [-0.1, -0.05) is 66.2 Å². The van der Waals surface area contributed by atoms with E-state index in [1.54, 1.807) is 18.2 Å². The molecule has 3 N–H and O–H groups in total. The Hall–Kier alpha value is -4.99. The number of fused-ring (bicyclic) bond motifs is 3. The normalized spacial score (nSPS) is 22.5. The number of carbonyl (C=O) groups excluding carboxylic acids is 2. The molecule has 4 atom stereocenters. The number of phenolic OH excluding ortho intramolecular Hbond substituents is 1. The Kier molecular flexibility index (Phi) is 8.73. The molecule has 4 aromatic carbocycles. The molecule has 0 radical (unpaired) electrons. The quantitative estimate of drug-likeness (QED) is 0.0792. The van der Waals surface area contributed by atoms with Crippen LogP contribution in [-0.2, 0) is 14.2 Å². The molecule has 7 rings (SSSR count). The molecule has 0 aromatic heterocycles. The van der Waals surface area contributed by atoms with Crippen molar-refractivity contribution in [2.75, 3.05) is 10.2 Å². The van der Waals surface area contributed by atoms with Crippen LogP contribution in [0.2, 0.25) is 6.32 Å². The molecule has 0 saturated carbocycles. The molecule has 2 heterocycles. The molecule has 7 nitrogen and oxygen atoms in total. The highest BCUT2D eigenvalue weighted by Crippen LogP contribution is 2.51. The Morgan fingerprint density at radius 1 is 0.938 bits per heavy atom. The average Bonchev–Trinajstić information content (AvgIpc) is 3.34. The van der Waals surface area contributed by atoms with Crippen molar-refractivity contribution < 1.29 is 28.8 Å². The van der Waals surface area contributed by atoms with E-state index in [0.717, 1.165) is 33.7 Å². The van der Waals surface area contributed by atoms with Crippen molar-refractivity contribution in [3.8, 4) is 5.75 Å². The van der Waals surface area contributed by atoms with E-state index in [1.807, 2.05) is 85.8 Å². The van der Waals surface area contributed by atoms with Gasteiger partial charge in [-0.15, -0.1) is 0 Å². The third-order valence-electron chi connectivity index (χ3n) is 9.77. The lowest BCUT2D eigenvalue weighted by molar-refractivity contribution is -0.122. The van der Waals surface area contributed by atoms with E-state index in [1.165, 1.54) is 17.0 Å². The van der Waals surface area contributed by atoms with E-state index in [-0.39, 0.29) is 24.1 Å². The minimum Gasteiger partial charge on any atom is -0.505 e. The van der Waals surface area contributed by atoms with Crippen LogP contribution in [0.4, 0.5) is 21.5 Å². The Morgan fingerprint density at radius 2 is 1.62 bits per heavy atom. The number of anilines is 3. The number of amides is 2. The van der Waals surface area contributed by atoms with Crippen molar-refractivity contribution in [1.82, 2.24) is 0 Å². The molecule has 3 aliphatic rings. The largest absolute Gasteiger partial charge is 0.505 e. The maximum Gasteiger partial charge on any atom is 0.455 e. The van der Waals surface area contributed by atoms with Crippen LogP contribution >= 0.6 is 0 Å². The number of para-hydroxylation sites is 1. The first-order valence-corrected chi connectivity index (χ1v) is 16.3. The summed E-state index contributed by atoms with van der Waals surface area (Å²) in [6.45, 7) is 2.00. The van der Waals surface area contributed by atoms with Gasteiger partial charge in [0.15, 0.2) is 11.6 Å². The van der Waals surface area contributed by atoms with Gasteiger partial charge in [0.2, 0.25) is 11.8 Å². The van der Waals surface area contributed by atoms with Gasteiger partial charge in [0, 0.05) is 11.4 Å². The van der Waals surface area contributed by atoms with Crippen LogP contribution in [-0.4, -0.2) is 35.2 Å². The average molecular weight is 643 g/mol. The second kappa shape index (κ2) is 13.3. The summed E-state index contributed by atoms with van der Waals surface area (Å²) in [7, 11) is -1.08. The van der Waals surface area contributed by atoms with Gasteiger partial charge < -0.3 is 20.1 Å². The van der Waals surface area contributed by atoms with Crippen LogP contribution in [0.25, 0.3) is 11.6 Å². The highest BCUT2D eigenvalue weighted by molar-refractivity contribution is 6.43. The van der Waals surface area contributed by atoms with Crippen LogP contribution in [0.3, 0.4) is 0 Å². The van der Waals surface area contributed by atoms with Gasteiger partial charge in [-0.25, -0.2) is 4.39 Å². The van der Waals surface area contributed by atoms with Crippen molar-refractivity contribution in [3.63, 3.8) is 0 Å². The van der Waals surface area contributed by atoms with Gasteiger partial charge in [-0.2, -0.15) is 0 Å². The second-order valence-electron chi connectivity index (χ2n) is 12.8. The maximum absolute atomic E-state index is 14.2. The molecule has 4 aromatic rings. The summed E-state index contributed by atoms with van der Waals surface area (Å²) >= 11 is 0. The molecule has 242 valence electrons. The fourth-order valence-corrected chi connectivity index (χ4v) is 7.61. The van der Waals surface area contributed by atoms with Crippen molar-refractivity contribution in [3.05, 3.63) is 131 Å². The molecule has 0 unspecified atom stereocenters. The smallest absolute Gasteiger partial charge is 0.455 e. The Balaban J connectivity index is 1.12. The standard InChI is InChI=1S/C39H36BFN2O5/c1-24-20-31-37(39(46)43(38(31)45)30-16-14-29(15-17-30)42-28-10-6-3-7-11-28)32-23-40(47)48-35(36(24)32)19-13-27(26-8-4-2-5-9-26)21-25-12-18-34(44)33(41)22-25/h2-12,14-18,21-22,31-32,35,37,42,44,47H,13,19-20,23H2,1H3/b27-21-/t31-,32+,35-,37-/m1/s1. The van der Waals surface area contributed by atoms with E-state index in [0.29, 0.717) is 30.5 Å². The first-order valence-electron chi connectivity index (χ1n) is 16.3. The molecule has 9 heteroatoms. The number of phenols is 1. The first kappa shape index (κ1) is 31.6. The summed E-state index contributed by atoms with van der Waals surface area (Å²) in [6.07, 6.45) is 3.19. The molecular weight excluding hydrogens is 606 g/mol. The molecule has 2 amide bonds. The van der Waals surface area contributed by atoms with Crippen molar-refractivity contribution in [2.45, 2.75) is 38.6 Å². The number of nitrogens with one attached hydrogen (secondary N) is 1. The molecule has 0 spiro atoms. The van der Waals surface area contributed by atoms with Gasteiger partial charge in [0.1, 0.15) is 0 Å². The minimum absolute atomic E-state index is 0.208. The highest BCUT2D eigenvalue weighted by atomic mass is 19.1. The predicted molar refractivity (Wildman–Crippen MR) is 186 cm³/mol. The molecule has 1 aliphatic carbocycles. The number of aromatic hydroxyl groups is 1. The number of hydrogen-bond donors (Lipinski definition) is 3. The van der Waals surface area contributed by atoms with Gasteiger partial charge >= 0.3 is 7.12 Å². The zero-order chi connectivity index (χ0) is 33.4. The van der Waals surface area contributed by atoms with Gasteiger partial charge in [-0.05, 0) is 109 Å². The number of imide groups is 1. The van der Waals surface area contributed by atoms with Crippen LogP contribution < -0.4 is 10.2 Å². The third kappa shape index (κ3) is 6.19. The third-order valence-corrected chi connectivity index (χ3v) is 9.77. The Labute approximate surface area is 279 Å². The summed E-state index contributed by atoms with van der Waals surface area (Å²) in [6, 6.07) is 31.1. The molecule has 2 aliphatic heterocycles. The van der Waals surface area contributed by atoms with Crippen LogP contribution in [0, 0.1) is 23.6 Å². The first-order chi connectivity index (χ1) is 23.3. The maximum atomic E-state index is 14.2. The second-order valence-corrected chi connectivity index (χ2v) is 12.8. The molecular formula is C39H36BFN2O5. The molecule has 48 heavy (non-hydrogen) atoms. The number of allylic oxidation sites excluding steroid dienone is 2. The zero-order valence-corrected chi connectivity index (χ0v) is 26.6. The minimum atomic E-state index is -1.08.